The largest absolute Gasteiger partial charge is 0.330 e. The molecule has 0 aromatic carbocycles. The zero-order valence-corrected chi connectivity index (χ0v) is 9.81. The number of nitrogens with two attached hydrogens (primary N) is 1. The van der Waals surface area contributed by atoms with Crippen molar-refractivity contribution in [2.24, 2.45) is 17.1 Å². The molecule has 0 saturated heterocycles. The third kappa shape index (κ3) is 4.97. The Morgan fingerprint density at radius 2 is 2.07 bits per heavy atom. The smallest absolute Gasteiger partial charge is 0.000517 e. The lowest BCUT2D eigenvalue weighted by Gasteiger charge is -2.12. The zero-order chi connectivity index (χ0) is 10.4. The molecule has 14 heavy (non-hydrogen) atoms. The zero-order valence-electron chi connectivity index (χ0n) is 9.81. The number of rotatable bonds is 8. The van der Waals surface area contributed by atoms with Crippen LogP contribution in [0.25, 0.3) is 0 Å². The van der Waals surface area contributed by atoms with Crippen molar-refractivity contribution in [3.05, 3.63) is 0 Å². The van der Waals surface area contributed by atoms with Crippen LogP contribution in [0.3, 0.4) is 0 Å². The highest BCUT2D eigenvalue weighted by Gasteiger charge is 2.36. The molecule has 3 N–H and O–H groups in total. The third-order valence-corrected chi connectivity index (χ3v) is 3.37. The lowest BCUT2D eigenvalue weighted by atomic mass is 10.0. The summed E-state index contributed by atoms with van der Waals surface area (Å²) in [5.41, 5.74) is 6.17. The Kier molecular flexibility index (Phi) is 4.90. The van der Waals surface area contributed by atoms with Gasteiger partial charge in [-0.05, 0) is 56.5 Å². The van der Waals surface area contributed by atoms with Gasteiger partial charge in [-0.1, -0.05) is 13.8 Å². The van der Waals surface area contributed by atoms with Crippen molar-refractivity contribution in [2.75, 3.05) is 19.6 Å². The summed E-state index contributed by atoms with van der Waals surface area (Å²) >= 11 is 0. The standard InChI is InChI=1S/C12H26N2/c1-11(5-8-13)4-3-9-14-10-12(2)6-7-12/h11,14H,3-10,13H2,1-2H3. The number of hydrogen-bond donors (Lipinski definition) is 2. The molecule has 0 aromatic rings. The maximum absolute atomic E-state index is 5.51. The lowest BCUT2D eigenvalue weighted by Crippen LogP contribution is -2.23. The van der Waals surface area contributed by atoms with Gasteiger partial charge in [0.1, 0.15) is 0 Å². The summed E-state index contributed by atoms with van der Waals surface area (Å²) in [5.74, 6) is 0.804. The molecule has 1 atom stereocenters. The second kappa shape index (κ2) is 5.72. The molecule has 1 aliphatic carbocycles. The number of hydrogen-bond acceptors (Lipinski definition) is 2. The van der Waals surface area contributed by atoms with Crippen molar-refractivity contribution in [1.82, 2.24) is 5.32 Å². The molecule has 0 bridgehead atoms. The van der Waals surface area contributed by atoms with Crippen LogP contribution >= 0.6 is 0 Å². The van der Waals surface area contributed by atoms with Crippen molar-refractivity contribution in [3.8, 4) is 0 Å². The topological polar surface area (TPSA) is 38.0 Å². The van der Waals surface area contributed by atoms with E-state index in [2.05, 4.69) is 19.2 Å². The van der Waals surface area contributed by atoms with E-state index in [1.54, 1.807) is 0 Å². The molecule has 0 aliphatic heterocycles. The third-order valence-electron chi connectivity index (χ3n) is 3.37. The van der Waals surface area contributed by atoms with Crippen LogP contribution < -0.4 is 11.1 Å². The molecular weight excluding hydrogens is 172 g/mol. The molecule has 84 valence electrons. The molecule has 0 radical (unpaired) electrons. The van der Waals surface area contributed by atoms with Crippen LogP contribution in [0.2, 0.25) is 0 Å². The molecule has 0 amide bonds. The van der Waals surface area contributed by atoms with Crippen molar-refractivity contribution < 1.29 is 0 Å². The van der Waals surface area contributed by atoms with Crippen LogP contribution in [-0.2, 0) is 0 Å². The first-order valence-corrected chi connectivity index (χ1v) is 6.07. The predicted molar refractivity (Wildman–Crippen MR) is 62.3 cm³/mol. The molecule has 2 heteroatoms. The molecule has 0 spiro atoms. The Morgan fingerprint density at radius 3 is 2.64 bits per heavy atom. The van der Waals surface area contributed by atoms with Crippen LogP contribution in [0.1, 0.15) is 46.0 Å². The Hall–Kier alpha value is -0.0800. The minimum absolute atomic E-state index is 0.656. The first-order valence-electron chi connectivity index (χ1n) is 6.07. The quantitative estimate of drug-likeness (QED) is 0.586. The summed E-state index contributed by atoms with van der Waals surface area (Å²) in [6, 6.07) is 0. The summed E-state index contributed by atoms with van der Waals surface area (Å²) in [4.78, 5) is 0. The second-order valence-electron chi connectivity index (χ2n) is 5.31. The fourth-order valence-electron chi connectivity index (χ4n) is 1.78. The summed E-state index contributed by atoms with van der Waals surface area (Å²) in [6.45, 7) is 7.92. The van der Waals surface area contributed by atoms with Gasteiger partial charge in [0.25, 0.3) is 0 Å². The molecule has 2 nitrogen and oxygen atoms in total. The average molecular weight is 198 g/mol. The van der Waals surface area contributed by atoms with E-state index >= 15 is 0 Å². The number of nitrogens with one attached hydrogen (secondary N) is 1. The van der Waals surface area contributed by atoms with Crippen LogP contribution in [-0.4, -0.2) is 19.6 Å². The maximum atomic E-state index is 5.51. The Morgan fingerprint density at radius 1 is 1.36 bits per heavy atom. The van der Waals surface area contributed by atoms with E-state index in [1.807, 2.05) is 0 Å². The van der Waals surface area contributed by atoms with E-state index in [9.17, 15) is 0 Å². The summed E-state index contributed by atoms with van der Waals surface area (Å²) < 4.78 is 0. The van der Waals surface area contributed by atoms with Gasteiger partial charge in [-0.2, -0.15) is 0 Å². The van der Waals surface area contributed by atoms with Gasteiger partial charge in [-0.25, -0.2) is 0 Å². The molecule has 0 aromatic heterocycles. The van der Waals surface area contributed by atoms with E-state index in [1.165, 1.54) is 45.2 Å². The van der Waals surface area contributed by atoms with Crippen LogP contribution in [0.5, 0.6) is 0 Å². The van der Waals surface area contributed by atoms with Crippen LogP contribution in [0, 0.1) is 11.3 Å². The van der Waals surface area contributed by atoms with E-state index < -0.39 is 0 Å². The average Bonchev–Trinajstić information content (AvgIpc) is 2.84. The fourth-order valence-corrected chi connectivity index (χ4v) is 1.78. The molecule has 1 saturated carbocycles. The summed E-state index contributed by atoms with van der Waals surface area (Å²) in [6.07, 6.45) is 6.64. The van der Waals surface area contributed by atoms with Crippen molar-refractivity contribution >= 4 is 0 Å². The fraction of sp³-hybridized carbons (Fsp3) is 1.00. The van der Waals surface area contributed by atoms with Gasteiger partial charge >= 0.3 is 0 Å². The van der Waals surface area contributed by atoms with E-state index in [0.717, 1.165) is 12.5 Å². The van der Waals surface area contributed by atoms with E-state index in [-0.39, 0.29) is 0 Å². The van der Waals surface area contributed by atoms with Gasteiger partial charge in [0.2, 0.25) is 0 Å². The highest BCUT2D eigenvalue weighted by atomic mass is 14.9. The first-order chi connectivity index (χ1) is 6.66. The van der Waals surface area contributed by atoms with Crippen LogP contribution in [0.4, 0.5) is 0 Å². The molecule has 1 rings (SSSR count). The second-order valence-corrected chi connectivity index (χ2v) is 5.31. The summed E-state index contributed by atoms with van der Waals surface area (Å²) in [5, 5.41) is 3.55. The molecule has 1 unspecified atom stereocenters. The molecular formula is C12H26N2. The normalized spacial score (nSPS) is 20.8. The lowest BCUT2D eigenvalue weighted by molar-refractivity contribution is 0.446. The highest BCUT2D eigenvalue weighted by Crippen LogP contribution is 2.43. The maximum Gasteiger partial charge on any atom is 0.000517 e. The van der Waals surface area contributed by atoms with E-state index in [0.29, 0.717) is 5.41 Å². The summed E-state index contributed by atoms with van der Waals surface area (Å²) in [7, 11) is 0. The molecule has 1 aliphatic rings. The van der Waals surface area contributed by atoms with Gasteiger partial charge in [0, 0.05) is 6.54 Å². The first kappa shape index (κ1) is 12.0. The van der Waals surface area contributed by atoms with Gasteiger partial charge < -0.3 is 11.1 Å². The molecule has 0 heterocycles. The Bertz CT molecular complexity index is 152. The predicted octanol–water partition coefficient (Wildman–Crippen LogP) is 2.14. The van der Waals surface area contributed by atoms with Crippen molar-refractivity contribution in [2.45, 2.75) is 46.0 Å². The van der Waals surface area contributed by atoms with Gasteiger partial charge in [-0.3, -0.25) is 0 Å². The van der Waals surface area contributed by atoms with Crippen LogP contribution in [0.15, 0.2) is 0 Å². The minimum atomic E-state index is 0.656. The highest BCUT2D eigenvalue weighted by molar-refractivity contribution is 4.90. The SMILES string of the molecule is CC(CCN)CCCNCC1(C)CC1. The van der Waals surface area contributed by atoms with Crippen molar-refractivity contribution in [3.63, 3.8) is 0 Å². The van der Waals surface area contributed by atoms with Crippen molar-refractivity contribution in [1.29, 1.82) is 0 Å². The Balaban J connectivity index is 1.84. The van der Waals surface area contributed by atoms with Gasteiger partial charge in [0.05, 0.1) is 0 Å². The van der Waals surface area contributed by atoms with Gasteiger partial charge in [0.15, 0.2) is 0 Å². The van der Waals surface area contributed by atoms with Gasteiger partial charge in [-0.15, -0.1) is 0 Å². The Labute approximate surface area is 88.6 Å². The minimum Gasteiger partial charge on any atom is -0.330 e. The monoisotopic (exact) mass is 198 g/mol. The van der Waals surface area contributed by atoms with E-state index in [4.69, 9.17) is 5.73 Å². The molecule has 1 fully saturated rings.